The van der Waals surface area contributed by atoms with E-state index < -0.39 is 0 Å². The van der Waals surface area contributed by atoms with Crippen molar-refractivity contribution in [1.82, 2.24) is 10.2 Å². The Labute approximate surface area is 98.3 Å². The monoisotopic (exact) mass is 228 g/mol. The quantitative estimate of drug-likeness (QED) is 0.713. The Balaban J connectivity index is 2.19. The van der Waals surface area contributed by atoms with Gasteiger partial charge in [0.1, 0.15) is 6.10 Å². The molecule has 1 aliphatic rings. The van der Waals surface area contributed by atoms with Gasteiger partial charge in [-0.05, 0) is 46.3 Å². The summed E-state index contributed by atoms with van der Waals surface area (Å²) in [6, 6.07) is 0.619. The van der Waals surface area contributed by atoms with Gasteiger partial charge in [0.05, 0.1) is 6.54 Å². The maximum Gasteiger partial charge on any atom is 0.320 e. The van der Waals surface area contributed by atoms with Crippen molar-refractivity contribution < 1.29 is 9.53 Å². The average molecular weight is 228 g/mol. The minimum atomic E-state index is -0.100. The van der Waals surface area contributed by atoms with Crippen molar-refractivity contribution in [2.45, 2.75) is 44.8 Å². The summed E-state index contributed by atoms with van der Waals surface area (Å²) in [5.74, 6) is -0.100. The Bertz CT molecular complexity index is 211. The molecule has 0 amide bonds. The third-order valence-corrected chi connectivity index (χ3v) is 2.91. The number of nitrogens with one attached hydrogen (secondary N) is 1. The molecule has 0 heterocycles. The van der Waals surface area contributed by atoms with Crippen LogP contribution in [-0.2, 0) is 9.53 Å². The lowest BCUT2D eigenvalue weighted by Crippen LogP contribution is -2.36. The fourth-order valence-electron chi connectivity index (χ4n) is 2.15. The number of ether oxygens (including phenoxy) is 1. The van der Waals surface area contributed by atoms with E-state index in [4.69, 9.17) is 4.74 Å². The predicted octanol–water partition coefficient (Wildman–Crippen LogP) is 1.01. The van der Waals surface area contributed by atoms with Crippen LogP contribution >= 0.6 is 0 Å². The fourth-order valence-corrected chi connectivity index (χ4v) is 2.15. The number of likely N-dealkylation sites (N-methyl/N-ethyl adjacent to an activating group) is 1. The molecule has 1 saturated carbocycles. The van der Waals surface area contributed by atoms with Gasteiger partial charge < -0.3 is 10.1 Å². The number of nitrogens with zero attached hydrogens (tertiary/aromatic N) is 1. The molecule has 0 saturated heterocycles. The van der Waals surface area contributed by atoms with Gasteiger partial charge in [0, 0.05) is 6.04 Å². The summed E-state index contributed by atoms with van der Waals surface area (Å²) in [4.78, 5) is 13.3. The highest BCUT2D eigenvalue weighted by Crippen LogP contribution is 2.21. The van der Waals surface area contributed by atoms with Crippen LogP contribution in [0.5, 0.6) is 0 Å². The molecule has 16 heavy (non-hydrogen) atoms. The Kier molecular flexibility index (Phi) is 5.77. The molecule has 0 aromatic rings. The van der Waals surface area contributed by atoms with Crippen LogP contribution in [0.25, 0.3) is 0 Å². The molecule has 4 heteroatoms. The van der Waals surface area contributed by atoms with Gasteiger partial charge in [-0.2, -0.15) is 0 Å². The van der Waals surface area contributed by atoms with Gasteiger partial charge in [-0.15, -0.1) is 0 Å². The minimum Gasteiger partial charge on any atom is -0.461 e. The van der Waals surface area contributed by atoms with Crippen LogP contribution in [0.3, 0.4) is 0 Å². The first-order valence-electron chi connectivity index (χ1n) is 6.19. The van der Waals surface area contributed by atoms with Crippen LogP contribution in [-0.4, -0.2) is 50.2 Å². The normalized spacial score (nSPS) is 25.8. The first kappa shape index (κ1) is 13.5. The topological polar surface area (TPSA) is 41.6 Å². The second kappa shape index (κ2) is 6.86. The molecular formula is C12H24N2O2. The largest absolute Gasteiger partial charge is 0.461 e. The lowest BCUT2D eigenvalue weighted by atomic mass is 9.93. The average Bonchev–Trinajstić information content (AvgIpc) is 2.20. The van der Waals surface area contributed by atoms with E-state index in [0.29, 0.717) is 12.6 Å². The maximum absolute atomic E-state index is 11.4. The summed E-state index contributed by atoms with van der Waals surface area (Å²) in [7, 11) is 3.76. The van der Waals surface area contributed by atoms with Gasteiger partial charge in [-0.1, -0.05) is 6.92 Å². The molecule has 0 spiro atoms. The van der Waals surface area contributed by atoms with E-state index in [-0.39, 0.29) is 12.1 Å². The van der Waals surface area contributed by atoms with Crippen LogP contribution < -0.4 is 5.32 Å². The van der Waals surface area contributed by atoms with E-state index in [2.05, 4.69) is 12.2 Å². The first-order chi connectivity index (χ1) is 7.61. The van der Waals surface area contributed by atoms with Crippen molar-refractivity contribution in [3.8, 4) is 0 Å². The van der Waals surface area contributed by atoms with Gasteiger partial charge in [-0.25, -0.2) is 0 Å². The molecule has 0 radical (unpaired) electrons. The molecule has 0 aromatic carbocycles. The zero-order valence-corrected chi connectivity index (χ0v) is 10.7. The van der Waals surface area contributed by atoms with Crippen LogP contribution in [0, 0.1) is 0 Å². The standard InChI is InChI=1S/C12H24N2O2/c1-4-13-10-5-7-11(8-6-10)16-12(15)9-14(2)3/h10-11,13H,4-9H2,1-3H3. The Morgan fingerprint density at radius 2 is 1.94 bits per heavy atom. The number of rotatable bonds is 5. The zero-order valence-electron chi connectivity index (χ0n) is 10.7. The summed E-state index contributed by atoms with van der Waals surface area (Å²) >= 11 is 0. The molecule has 1 aliphatic carbocycles. The van der Waals surface area contributed by atoms with Crippen molar-refractivity contribution >= 4 is 5.97 Å². The smallest absolute Gasteiger partial charge is 0.320 e. The molecule has 1 fully saturated rings. The van der Waals surface area contributed by atoms with Crippen LogP contribution in [0.15, 0.2) is 0 Å². The summed E-state index contributed by atoms with van der Waals surface area (Å²) in [6.45, 7) is 3.53. The fraction of sp³-hybridized carbons (Fsp3) is 0.917. The summed E-state index contributed by atoms with van der Waals surface area (Å²) in [6.07, 6.45) is 4.37. The maximum atomic E-state index is 11.4. The zero-order chi connectivity index (χ0) is 12.0. The van der Waals surface area contributed by atoms with E-state index in [1.54, 1.807) is 0 Å². The van der Waals surface area contributed by atoms with E-state index in [9.17, 15) is 4.79 Å². The molecule has 0 unspecified atom stereocenters. The molecule has 0 aromatic heterocycles. The highest BCUT2D eigenvalue weighted by atomic mass is 16.5. The predicted molar refractivity (Wildman–Crippen MR) is 64.4 cm³/mol. The van der Waals surface area contributed by atoms with E-state index in [1.165, 1.54) is 0 Å². The number of hydrogen-bond donors (Lipinski definition) is 1. The summed E-state index contributed by atoms with van der Waals surface area (Å²) < 4.78 is 5.42. The van der Waals surface area contributed by atoms with Crippen molar-refractivity contribution in [2.24, 2.45) is 0 Å². The van der Waals surface area contributed by atoms with E-state index in [1.807, 2.05) is 19.0 Å². The van der Waals surface area contributed by atoms with Crippen molar-refractivity contribution in [2.75, 3.05) is 27.2 Å². The number of esters is 1. The molecule has 94 valence electrons. The Morgan fingerprint density at radius 3 is 2.44 bits per heavy atom. The SMILES string of the molecule is CCNC1CCC(OC(=O)CN(C)C)CC1. The third kappa shape index (κ3) is 4.94. The summed E-state index contributed by atoms with van der Waals surface area (Å²) in [5.41, 5.74) is 0. The summed E-state index contributed by atoms with van der Waals surface area (Å²) in [5, 5.41) is 3.44. The van der Waals surface area contributed by atoms with Gasteiger partial charge in [0.15, 0.2) is 0 Å². The molecule has 1 rings (SSSR count). The molecule has 0 atom stereocenters. The lowest BCUT2D eigenvalue weighted by Gasteiger charge is -2.29. The third-order valence-electron chi connectivity index (χ3n) is 2.91. The Hall–Kier alpha value is -0.610. The van der Waals surface area contributed by atoms with Crippen LogP contribution in [0.1, 0.15) is 32.6 Å². The van der Waals surface area contributed by atoms with Gasteiger partial charge in [0.2, 0.25) is 0 Å². The van der Waals surface area contributed by atoms with E-state index in [0.717, 1.165) is 32.2 Å². The van der Waals surface area contributed by atoms with E-state index >= 15 is 0 Å². The molecule has 0 aliphatic heterocycles. The van der Waals surface area contributed by atoms with Crippen LogP contribution in [0.2, 0.25) is 0 Å². The second-order valence-corrected chi connectivity index (χ2v) is 4.76. The number of carbonyl (C=O) groups excluding carboxylic acids is 1. The van der Waals surface area contributed by atoms with Gasteiger partial charge >= 0.3 is 5.97 Å². The van der Waals surface area contributed by atoms with Gasteiger partial charge in [0.25, 0.3) is 0 Å². The molecule has 1 N–H and O–H groups in total. The van der Waals surface area contributed by atoms with Gasteiger partial charge in [-0.3, -0.25) is 9.69 Å². The highest BCUT2D eigenvalue weighted by Gasteiger charge is 2.23. The highest BCUT2D eigenvalue weighted by molar-refractivity contribution is 5.71. The number of carbonyl (C=O) groups is 1. The Morgan fingerprint density at radius 1 is 1.31 bits per heavy atom. The lowest BCUT2D eigenvalue weighted by molar-refractivity contribution is -0.151. The first-order valence-corrected chi connectivity index (χ1v) is 6.19. The molecular weight excluding hydrogens is 204 g/mol. The minimum absolute atomic E-state index is 0.100. The molecule has 4 nitrogen and oxygen atoms in total. The van der Waals surface area contributed by atoms with Crippen LogP contribution in [0.4, 0.5) is 0 Å². The van der Waals surface area contributed by atoms with Crippen molar-refractivity contribution in [3.05, 3.63) is 0 Å². The molecule has 0 bridgehead atoms. The second-order valence-electron chi connectivity index (χ2n) is 4.76. The van der Waals surface area contributed by atoms with Crippen molar-refractivity contribution in [1.29, 1.82) is 0 Å². The number of hydrogen-bond acceptors (Lipinski definition) is 4. The van der Waals surface area contributed by atoms with Crippen molar-refractivity contribution in [3.63, 3.8) is 0 Å².